The maximum Gasteiger partial charge on any atom is 0.153 e. The molecule has 1 aliphatic heterocycles. The summed E-state index contributed by atoms with van der Waals surface area (Å²) in [5.74, 6) is 1.59. The number of aromatic amines is 1. The van der Waals surface area contributed by atoms with Crippen LogP contribution < -0.4 is 5.73 Å². The summed E-state index contributed by atoms with van der Waals surface area (Å²) in [4.78, 5) is 4.23. The van der Waals surface area contributed by atoms with Gasteiger partial charge in [0.1, 0.15) is 11.9 Å². The summed E-state index contributed by atoms with van der Waals surface area (Å²) in [7, 11) is 0. The molecule has 2 rings (SSSR count). The third kappa shape index (κ3) is 1.71. The zero-order valence-electron chi connectivity index (χ0n) is 7.66. The first-order chi connectivity index (χ1) is 6.29. The van der Waals surface area contributed by atoms with Crippen LogP contribution in [0.4, 0.5) is 0 Å². The molecular weight excluding hydrogens is 168 g/mol. The molecule has 1 aromatic rings. The molecule has 1 saturated heterocycles. The topological polar surface area (TPSA) is 76.8 Å². The zero-order chi connectivity index (χ0) is 9.26. The molecule has 0 amide bonds. The van der Waals surface area contributed by atoms with E-state index in [1.165, 1.54) is 0 Å². The van der Waals surface area contributed by atoms with Crippen LogP contribution in [-0.2, 0) is 4.74 Å². The predicted octanol–water partition coefficient (Wildman–Crippen LogP) is 0.292. The Balaban J connectivity index is 2.03. The van der Waals surface area contributed by atoms with E-state index in [-0.39, 0.29) is 12.2 Å². The molecule has 0 spiro atoms. The van der Waals surface area contributed by atoms with Gasteiger partial charge in [0.25, 0.3) is 0 Å². The molecule has 0 aliphatic carbocycles. The minimum atomic E-state index is 0.0646. The van der Waals surface area contributed by atoms with Crippen molar-refractivity contribution in [2.75, 3.05) is 6.54 Å². The molecule has 13 heavy (non-hydrogen) atoms. The Kier molecular flexibility index (Phi) is 2.28. The fourth-order valence-electron chi connectivity index (χ4n) is 1.59. The van der Waals surface area contributed by atoms with Crippen LogP contribution >= 0.6 is 0 Å². The lowest BCUT2D eigenvalue weighted by Gasteiger charge is -2.08. The largest absolute Gasteiger partial charge is 0.366 e. The normalized spacial score (nSPS) is 28.2. The fraction of sp³-hybridized carbons (Fsp3) is 0.750. The van der Waals surface area contributed by atoms with Gasteiger partial charge in [-0.2, -0.15) is 5.10 Å². The highest BCUT2D eigenvalue weighted by molar-refractivity contribution is 4.95. The summed E-state index contributed by atoms with van der Waals surface area (Å²) in [6.45, 7) is 2.44. The minimum absolute atomic E-state index is 0.0646. The Labute approximate surface area is 76.7 Å². The summed E-state index contributed by atoms with van der Waals surface area (Å²) >= 11 is 0. The van der Waals surface area contributed by atoms with E-state index in [2.05, 4.69) is 15.2 Å². The summed E-state index contributed by atoms with van der Waals surface area (Å²) < 4.78 is 5.65. The van der Waals surface area contributed by atoms with E-state index < -0.39 is 0 Å². The highest BCUT2D eigenvalue weighted by Crippen LogP contribution is 2.29. The Hall–Kier alpha value is -0.940. The van der Waals surface area contributed by atoms with Crippen LogP contribution in [0.25, 0.3) is 0 Å². The van der Waals surface area contributed by atoms with Gasteiger partial charge in [-0.05, 0) is 19.8 Å². The lowest BCUT2D eigenvalue weighted by molar-refractivity contribution is 0.0449. The van der Waals surface area contributed by atoms with Gasteiger partial charge in [0.05, 0.1) is 6.10 Å². The highest BCUT2D eigenvalue weighted by Gasteiger charge is 2.27. The first-order valence-electron chi connectivity index (χ1n) is 4.54. The molecule has 0 bridgehead atoms. The van der Waals surface area contributed by atoms with Crippen molar-refractivity contribution in [3.05, 3.63) is 11.6 Å². The maximum atomic E-state index is 5.65. The van der Waals surface area contributed by atoms with Gasteiger partial charge < -0.3 is 10.5 Å². The first-order valence-corrected chi connectivity index (χ1v) is 4.54. The van der Waals surface area contributed by atoms with E-state index in [9.17, 15) is 0 Å². The van der Waals surface area contributed by atoms with Crippen molar-refractivity contribution in [2.45, 2.75) is 32.0 Å². The summed E-state index contributed by atoms with van der Waals surface area (Å²) in [6, 6.07) is 0. The Morgan fingerprint density at radius 2 is 2.46 bits per heavy atom. The molecule has 3 N–H and O–H groups in total. The molecule has 72 valence electrons. The van der Waals surface area contributed by atoms with E-state index in [0.29, 0.717) is 6.54 Å². The Bertz CT molecular complexity index is 285. The van der Waals surface area contributed by atoms with Crippen molar-refractivity contribution in [1.82, 2.24) is 15.2 Å². The fourth-order valence-corrected chi connectivity index (χ4v) is 1.59. The Morgan fingerprint density at radius 3 is 3.00 bits per heavy atom. The molecule has 1 aliphatic rings. The van der Waals surface area contributed by atoms with Crippen molar-refractivity contribution in [3.8, 4) is 0 Å². The number of hydrogen-bond acceptors (Lipinski definition) is 4. The monoisotopic (exact) mass is 182 g/mol. The number of aryl methyl sites for hydroxylation is 1. The number of hydrogen-bond donors (Lipinski definition) is 2. The number of rotatable bonds is 2. The SMILES string of the molecule is Cc1n[nH]c([C@@H]2CC[C@H](CN)O2)n1. The molecule has 2 heterocycles. The van der Waals surface area contributed by atoms with E-state index in [1.807, 2.05) is 6.92 Å². The number of H-pyrrole nitrogens is 1. The van der Waals surface area contributed by atoms with Crippen LogP contribution in [0.5, 0.6) is 0 Å². The van der Waals surface area contributed by atoms with Crippen LogP contribution in [0.2, 0.25) is 0 Å². The highest BCUT2D eigenvalue weighted by atomic mass is 16.5. The van der Waals surface area contributed by atoms with E-state index in [1.54, 1.807) is 0 Å². The molecule has 0 radical (unpaired) electrons. The maximum absolute atomic E-state index is 5.65. The molecule has 0 saturated carbocycles. The quantitative estimate of drug-likeness (QED) is 0.689. The van der Waals surface area contributed by atoms with Gasteiger partial charge in [-0.25, -0.2) is 4.98 Å². The second-order valence-corrected chi connectivity index (χ2v) is 3.33. The first kappa shape index (κ1) is 8.65. The number of nitrogens with one attached hydrogen (secondary N) is 1. The average Bonchev–Trinajstić information content (AvgIpc) is 2.71. The van der Waals surface area contributed by atoms with Gasteiger partial charge >= 0.3 is 0 Å². The second-order valence-electron chi connectivity index (χ2n) is 3.33. The third-order valence-electron chi connectivity index (χ3n) is 2.29. The second kappa shape index (κ2) is 3.43. The van der Waals surface area contributed by atoms with Crippen molar-refractivity contribution in [1.29, 1.82) is 0 Å². The zero-order valence-corrected chi connectivity index (χ0v) is 7.66. The van der Waals surface area contributed by atoms with Crippen LogP contribution in [0.15, 0.2) is 0 Å². The van der Waals surface area contributed by atoms with Crippen LogP contribution in [0.1, 0.15) is 30.6 Å². The van der Waals surface area contributed by atoms with Gasteiger partial charge in [0.2, 0.25) is 0 Å². The smallest absolute Gasteiger partial charge is 0.153 e. The van der Waals surface area contributed by atoms with Crippen LogP contribution in [0, 0.1) is 6.92 Å². The van der Waals surface area contributed by atoms with E-state index in [4.69, 9.17) is 10.5 Å². The van der Waals surface area contributed by atoms with E-state index in [0.717, 1.165) is 24.5 Å². The third-order valence-corrected chi connectivity index (χ3v) is 2.29. The summed E-state index contributed by atoms with van der Waals surface area (Å²) in [5, 5.41) is 6.83. The van der Waals surface area contributed by atoms with Crippen LogP contribution in [-0.4, -0.2) is 27.8 Å². The van der Waals surface area contributed by atoms with E-state index >= 15 is 0 Å². The standard InChI is InChI=1S/C8H14N4O/c1-5-10-8(12-11-5)7-3-2-6(4-9)13-7/h6-7H,2-4,9H2,1H3,(H,10,11,12)/t6-,7+/m1/s1. The lowest BCUT2D eigenvalue weighted by Crippen LogP contribution is -2.19. The molecule has 5 nitrogen and oxygen atoms in total. The molecule has 0 unspecified atom stereocenters. The van der Waals surface area contributed by atoms with Gasteiger partial charge in [-0.3, -0.25) is 5.10 Å². The predicted molar refractivity (Wildman–Crippen MR) is 47.0 cm³/mol. The number of aromatic nitrogens is 3. The molecule has 1 aromatic heterocycles. The van der Waals surface area contributed by atoms with Gasteiger partial charge in [0, 0.05) is 6.54 Å². The number of ether oxygens (including phenoxy) is 1. The average molecular weight is 182 g/mol. The van der Waals surface area contributed by atoms with Crippen molar-refractivity contribution >= 4 is 0 Å². The molecule has 1 fully saturated rings. The molecule has 5 heteroatoms. The van der Waals surface area contributed by atoms with Gasteiger partial charge in [-0.15, -0.1) is 0 Å². The molecular formula is C8H14N4O. The molecule has 2 atom stereocenters. The lowest BCUT2D eigenvalue weighted by atomic mass is 10.2. The number of nitrogens with two attached hydrogens (primary N) is 1. The Morgan fingerprint density at radius 1 is 1.62 bits per heavy atom. The van der Waals surface area contributed by atoms with Crippen molar-refractivity contribution in [3.63, 3.8) is 0 Å². The summed E-state index contributed by atoms with van der Waals surface area (Å²) in [5.41, 5.74) is 5.51. The molecule has 0 aromatic carbocycles. The van der Waals surface area contributed by atoms with Gasteiger partial charge in [-0.1, -0.05) is 0 Å². The van der Waals surface area contributed by atoms with Crippen LogP contribution in [0.3, 0.4) is 0 Å². The van der Waals surface area contributed by atoms with Gasteiger partial charge in [0.15, 0.2) is 5.82 Å². The van der Waals surface area contributed by atoms with Crippen molar-refractivity contribution in [2.24, 2.45) is 5.73 Å². The van der Waals surface area contributed by atoms with Crippen molar-refractivity contribution < 1.29 is 4.74 Å². The number of nitrogens with zero attached hydrogens (tertiary/aromatic N) is 2. The minimum Gasteiger partial charge on any atom is -0.366 e. The summed E-state index contributed by atoms with van der Waals surface area (Å²) in [6.07, 6.45) is 2.25.